The number of hydrogen-bond donors (Lipinski definition) is 0. The summed E-state index contributed by atoms with van der Waals surface area (Å²) in [4.78, 5) is 14.0. The van der Waals surface area contributed by atoms with Gasteiger partial charge in [0.25, 0.3) is 0 Å². The first-order chi connectivity index (χ1) is 7.58. The van der Waals surface area contributed by atoms with Crippen molar-refractivity contribution in [2.75, 3.05) is 0 Å². The number of aromatic nitrogens is 1. The van der Waals surface area contributed by atoms with E-state index in [1.165, 1.54) is 23.5 Å². The minimum Gasteiger partial charge on any atom is -0.258 e. The molecule has 0 saturated heterocycles. The van der Waals surface area contributed by atoms with Crippen molar-refractivity contribution in [1.82, 2.24) is 4.98 Å². The summed E-state index contributed by atoms with van der Waals surface area (Å²) >= 11 is 1.44. The van der Waals surface area contributed by atoms with Crippen molar-refractivity contribution < 1.29 is 9.31 Å². The van der Waals surface area contributed by atoms with E-state index >= 15 is 0 Å². The van der Waals surface area contributed by atoms with E-state index in [-0.39, 0.29) is 0 Å². The topological polar surface area (TPSA) is 56.0 Å². The summed E-state index contributed by atoms with van der Waals surface area (Å²) in [6.45, 7) is 1.84. The molecular formula is C10H7FN2O2S. The van der Waals surface area contributed by atoms with Gasteiger partial charge in [-0.1, -0.05) is 0 Å². The molecule has 0 aliphatic heterocycles. The second-order valence-electron chi connectivity index (χ2n) is 3.18. The van der Waals surface area contributed by atoms with Gasteiger partial charge in [-0.3, -0.25) is 10.1 Å². The summed E-state index contributed by atoms with van der Waals surface area (Å²) in [6.07, 6.45) is 0. The fraction of sp³-hybridized carbons (Fsp3) is 0.100. The molecule has 2 rings (SSSR count). The maximum atomic E-state index is 13.1. The largest absolute Gasteiger partial charge is 0.305 e. The Morgan fingerprint density at radius 2 is 2.25 bits per heavy atom. The van der Waals surface area contributed by atoms with Crippen LogP contribution >= 0.6 is 11.3 Å². The van der Waals surface area contributed by atoms with E-state index in [9.17, 15) is 14.5 Å². The van der Waals surface area contributed by atoms with Crippen molar-refractivity contribution in [3.63, 3.8) is 0 Å². The van der Waals surface area contributed by atoms with Gasteiger partial charge in [0.15, 0.2) is 0 Å². The summed E-state index contributed by atoms with van der Waals surface area (Å²) in [6, 6.07) is 3.77. The van der Waals surface area contributed by atoms with Gasteiger partial charge in [0.05, 0.1) is 15.6 Å². The predicted octanol–water partition coefficient (Wildman–Crippen LogP) is 3.17. The van der Waals surface area contributed by atoms with Gasteiger partial charge in [0.1, 0.15) is 0 Å². The van der Waals surface area contributed by atoms with E-state index in [2.05, 4.69) is 4.98 Å². The van der Waals surface area contributed by atoms with Gasteiger partial charge in [0.2, 0.25) is 5.82 Å². The van der Waals surface area contributed by atoms with E-state index in [1.807, 2.05) is 6.92 Å². The monoisotopic (exact) mass is 238 g/mol. The Kier molecular flexibility index (Phi) is 2.66. The fourth-order valence-corrected chi connectivity index (χ4v) is 1.93. The highest BCUT2D eigenvalue weighted by atomic mass is 32.1. The van der Waals surface area contributed by atoms with Crippen LogP contribution in [0.1, 0.15) is 5.01 Å². The van der Waals surface area contributed by atoms with Crippen molar-refractivity contribution in [2.45, 2.75) is 6.92 Å². The smallest absolute Gasteiger partial charge is 0.258 e. The zero-order chi connectivity index (χ0) is 11.7. The van der Waals surface area contributed by atoms with E-state index < -0.39 is 16.4 Å². The van der Waals surface area contributed by atoms with Crippen LogP contribution in [0.25, 0.3) is 11.3 Å². The minimum atomic E-state index is -0.833. The molecule has 0 amide bonds. The first-order valence-corrected chi connectivity index (χ1v) is 5.32. The van der Waals surface area contributed by atoms with Crippen LogP contribution in [0.15, 0.2) is 23.6 Å². The van der Waals surface area contributed by atoms with E-state index in [4.69, 9.17) is 0 Å². The predicted molar refractivity (Wildman–Crippen MR) is 58.9 cm³/mol. The van der Waals surface area contributed by atoms with Crippen molar-refractivity contribution in [3.8, 4) is 11.3 Å². The van der Waals surface area contributed by atoms with Crippen molar-refractivity contribution >= 4 is 17.0 Å². The average Bonchev–Trinajstić information content (AvgIpc) is 2.65. The Morgan fingerprint density at radius 1 is 1.50 bits per heavy atom. The summed E-state index contributed by atoms with van der Waals surface area (Å²) in [5.74, 6) is -0.833. The van der Waals surface area contributed by atoms with Gasteiger partial charge in [0, 0.05) is 17.0 Å². The number of aryl methyl sites for hydroxylation is 1. The first kappa shape index (κ1) is 10.7. The highest BCUT2D eigenvalue weighted by Gasteiger charge is 2.15. The lowest BCUT2D eigenvalue weighted by atomic mass is 10.1. The van der Waals surface area contributed by atoms with Gasteiger partial charge < -0.3 is 0 Å². The molecule has 2 aromatic rings. The molecule has 0 fully saturated rings. The van der Waals surface area contributed by atoms with E-state index in [0.29, 0.717) is 11.3 Å². The Bertz CT molecular complexity index is 554. The van der Waals surface area contributed by atoms with Gasteiger partial charge in [-0.2, -0.15) is 4.39 Å². The molecule has 1 aromatic heterocycles. The molecule has 16 heavy (non-hydrogen) atoms. The second-order valence-corrected chi connectivity index (χ2v) is 4.24. The normalized spacial score (nSPS) is 10.4. The van der Waals surface area contributed by atoms with Gasteiger partial charge in [-0.15, -0.1) is 11.3 Å². The Hall–Kier alpha value is -1.82. The van der Waals surface area contributed by atoms with Crippen molar-refractivity contribution in [3.05, 3.63) is 44.5 Å². The summed E-state index contributed by atoms with van der Waals surface area (Å²) in [5.41, 5.74) is 0.659. The van der Waals surface area contributed by atoms with Crippen LogP contribution in [0.2, 0.25) is 0 Å². The molecule has 4 nitrogen and oxygen atoms in total. The van der Waals surface area contributed by atoms with Crippen LogP contribution in [0, 0.1) is 22.9 Å². The molecule has 0 atom stereocenters. The van der Waals surface area contributed by atoms with E-state index in [1.54, 1.807) is 5.38 Å². The number of nitro benzene ring substituents is 1. The zero-order valence-corrected chi connectivity index (χ0v) is 9.12. The third-order valence-corrected chi connectivity index (χ3v) is 2.83. The lowest BCUT2D eigenvalue weighted by molar-refractivity contribution is -0.387. The number of nitro groups is 1. The summed E-state index contributed by atoms with van der Waals surface area (Å²) < 4.78 is 13.1. The number of nitrogens with zero attached hydrogens (tertiary/aromatic N) is 2. The molecule has 1 heterocycles. The van der Waals surface area contributed by atoms with Crippen LogP contribution in [-0.2, 0) is 0 Å². The minimum absolute atomic E-state index is 0.525. The lowest BCUT2D eigenvalue weighted by Gasteiger charge is -1.98. The Morgan fingerprint density at radius 3 is 2.81 bits per heavy atom. The maximum absolute atomic E-state index is 13.1. The van der Waals surface area contributed by atoms with Crippen LogP contribution < -0.4 is 0 Å². The van der Waals surface area contributed by atoms with Crippen molar-refractivity contribution in [1.29, 1.82) is 0 Å². The molecule has 6 heteroatoms. The molecule has 0 bridgehead atoms. The molecule has 0 unspecified atom stereocenters. The zero-order valence-electron chi connectivity index (χ0n) is 8.31. The third kappa shape index (κ3) is 1.92. The van der Waals surface area contributed by atoms with Gasteiger partial charge >= 0.3 is 5.69 Å². The molecule has 0 radical (unpaired) electrons. The lowest BCUT2D eigenvalue weighted by Crippen LogP contribution is -1.92. The number of benzene rings is 1. The van der Waals surface area contributed by atoms with Crippen molar-refractivity contribution in [2.24, 2.45) is 0 Å². The molecule has 0 N–H and O–H groups in total. The summed E-state index contributed by atoms with van der Waals surface area (Å²) in [7, 11) is 0. The summed E-state index contributed by atoms with van der Waals surface area (Å²) in [5, 5.41) is 13.2. The van der Waals surface area contributed by atoms with E-state index in [0.717, 1.165) is 11.1 Å². The molecule has 0 aliphatic rings. The van der Waals surface area contributed by atoms with Crippen LogP contribution in [-0.4, -0.2) is 9.91 Å². The molecule has 82 valence electrons. The van der Waals surface area contributed by atoms with Gasteiger partial charge in [-0.05, 0) is 19.1 Å². The molecule has 1 aromatic carbocycles. The van der Waals surface area contributed by atoms with Crippen LogP contribution in [0.3, 0.4) is 0 Å². The first-order valence-electron chi connectivity index (χ1n) is 4.44. The van der Waals surface area contributed by atoms with Gasteiger partial charge in [-0.25, -0.2) is 4.98 Å². The maximum Gasteiger partial charge on any atom is 0.305 e. The number of hydrogen-bond acceptors (Lipinski definition) is 4. The molecule has 0 aliphatic carbocycles. The third-order valence-electron chi connectivity index (χ3n) is 2.06. The van der Waals surface area contributed by atoms with Crippen LogP contribution in [0.5, 0.6) is 0 Å². The van der Waals surface area contributed by atoms with Crippen LogP contribution in [0.4, 0.5) is 10.1 Å². The quantitative estimate of drug-likeness (QED) is 0.596. The molecular weight excluding hydrogens is 231 g/mol. The fourth-order valence-electron chi connectivity index (χ4n) is 1.31. The SMILES string of the molecule is Cc1nc(-c2ccc(F)c([N+](=O)[O-])c2)cs1. The number of halogens is 1. The highest BCUT2D eigenvalue weighted by Crippen LogP contribution is 2.27. The standard InChI is InChI=1S/C10H7FN2O2S/c1-6-12-9(5-16-6)7-2-3-8(11)10(4-7)13(14)15/h2-5H,1H3. The number of thiazole rings is 1. The number of rotatable bonds is 2. The Balaban J connectivity index is 2.51. The second kappa shape index (κ2) is 3.97. The molecule has 0 saturated carbocycles. The molecule has 0 spiro atoms. The Labute approximate surface area is 94.5 Å². The highest BCUT2D eigenvalue weighted by molar-refractivity contribution is 7.09. The average molecular weight is 238 g/mol.